The molecule has 0 aliphatic carbocycles. The van der Waals surface area contributed by atoms with Crippen LogP contribution in [0.25, 0.3) is 0 Å². The number of carbonyl (C=O) groups is 1. The second kappa shape index (κ2) is 5.46. The van der Waals surface area contributed by atoms with Gasteiger partial charge in [0.05, 0.1) is 24.9 Å². The van der Waals surface area contributed by atoms with Crippen molar-refractivity contribution < 1.29 is 14.1 Å². The van der Waals surface area contributed by atoms with E-state index in [0.29, 0.717) is 37.6 Å². The minimum Gasteiger partial charge on any atom is -0.377 e. The summed E-state index contributed by atoms with van der Waals surface area (Å²) in [6, 6.07) is 3.38. The molecule has 3 heterocycles. The lowest BCUT2D eigenvalue weighted by atomic mass is 10.1. The molecule has 1 N–H and O–H groups in total. The summed E-state index contributed by atoms with van der Waals surface area (Å²) in [5.41, 5.74) is 1.20. The van der Waals surface area contributed by atoms with E-state index < -0.39 is 0 Å². The molecule has 2 aromatic heterocycles. The number of nitrogens with one attached hydrogen (secondary N) is 1. The van der Waals surface area contributed by atoms with Crippen LogP contribution in [0.5, 0.6) is 0 Å². The van der Waals surface area contributed by atoms with Crippen molar-refractivity contribution in [3.8, 4) is 0 Å². The lowest BCUT2D eigenvalue weighted by molar-refractivity contribution is -0.00441. The fourth-order valence-corrected chi connectivity index (χ4v) is 2.28. The first kappa shape index (κ1) is 12.9. The molecule has 0 saturated carbocycles. The van der Waals surface area contributed by atoms with Crippen molar-refractivity contribution in [2.45, 2.75) is 19.4 Å². The van der Waals surface area contributed by atoms with Crippen LogP contribution < -0.4 is 0 Å². The van der Waals surface area contributed by atoms with Gasteiger partial charge in [0.1, 0.15) is 5.76 Å². The van der Waals surface area contributed by atoms with E-state index in [2.05, 4.69) is 15.4 Å². The summed E-state index contributed by atoms with van der Waals surface area (Å²) in [4.78, 5) is 14.3. The van der Waals surface area contributed by atoms with Gasteiger partial charge in [0, 0.05) is 25.2 Å². The Hall–Kier alpha value is -2.15. The Morgan fingerprint density at radius 2 is 2.50 bits per heavy atom. The molecule has 7 heteroatoms. The van der Waals surface area contributed by atoms with Crippen LogP contribution >= 0.6 is 0 Å². The van der Waals surface area contributed by atoms with Gasteiger partial charge < -0.3 is 14.2 Å². The zero-order chi connectivity index (χ0) is 13.9. The normalized spacial score (nSPS) is 19.2. The van der Waals surface area contributed by atoms with Crippen molar-refractivity contribution in [2.75, 3.05) is 19.8 Å². The number of carbonyl (C=O) groups excluding carboxylic acids is 1. The van der Waals surface area contributed by atoms with Crippen LogP contribution in [-0.4, -0.2) is 45.9 Å². The molecule has 1 atom stereocenters. The third-order valence-electron chi connectivity index (χ3n) is 3.40. The van der Waals surface area contributed by atoms with Crippen molar-refractivity contribution in [1.82, 2.24) is 20.3 Å². The first-order valence-electron chi connectivity index (χ1n) is 6.63. The molecule has 0 unspecified atom stereocenters. The molecule has 1 saturated heterocycles. The number of nitrogens with zero attached hydrogens (tertiary/aromatic N) is 3. The summed E-state index contributed by atoms with van der Waals surface area (Å²) in [5, 5.41) is 10.7. The largest absolute Gasteiger partial charge is 0.377 e. The zero-order valence-electron chi connectivity index (χ0n) is 11.2. The van der Waals surface area contributed by atoms with Gasteiger partial charge in [-0.15, -0.1) is 0 Å². The zero-order valence-corrected chi connectivity index (χ0v) is 11.2. The number of hydrogen-bond donors (Lipinski definition) is 1. The molecule has 2 aromatic rings. The van der Waals surface area contributed by atoms with E-state index in [9.17, 15) is 4.79 Å². The van der Waals surface area contributed by atoms with Gasteiger partial charge in [0.25, 0.3) is 5.91 Å². The second-order valence-electron chi connectivity index (χ2n) is 4.63. The fourth-order valence-electron chi connectivity index (χ4n) is 2.28. The van der Waals surface area contributed by atoms with Gasteiger partial charge in [0.2, 0.25) is 0 Å². The number of aryl methyl sites for hydroxylation is 1. The van der Waals surface area contributed by atoms with Crippen LogP contribution in [0.4, 0.5) is 0 Å². The van der Waals surface area contributed by atoms with Crippen molar-refractivity contribution in [1.29, 1.82) is 0 Å². The predicted molar refractivity (Wildman–Crippen MR) is 69.1 cm³/mol. The summed E-state index contributed by atoms with van der Waals surface area (Å²) in [7, 11) is 0. The van der Waals surface area contributed by atoms with E-state index in [-0.39, 0.29) is 11.9 Å². The maximum Gasteiger partial charge on any atom is 0.276 e. The Morgan fingerprint density at radius 3 is 3.20 bits per heavy atom. The molecular weight excluding hydrogens is 260 g/mol. The SMILES string of the molecule is CCc1cc(C(=O)N2CCOC[C@H]2c2ccn[nH]2)no1. The average molecular weight is 276 g/mol. The molecular formula is C13H16N4O3. The summed E-state index contributed by atoms with van der Waals surface area (Å²) < 4.78 is 10.6. The Morgan fingerprint density at radius 1 is 1.60 bits per heavy atom. The highest BCUT2D eigenvalue weighted by molar-refractivity contribution is 5.92. The average Bonchev–Trinajstić information content (AvgIpc) is 3.17. The lowest BCUT2D eigenvalue weighted by Gasteiger charge is -2.34. The van der Waals surface area contributed by atoms with Gasteiger partial charge in [0.15, 0.2) is 5.69 Å². The van der Waals surface area contributed by atoms with Crippen LogP contribution in [0.1, 0.15) is 34.9 Å². The first-order chi connectivity index (χ1) is 9.79. The molecule has 3 rings (SSSR count). The molecule has 1 fully saturated rings. The number of rotatable bonds is 3. The molecule has 20 heavy (non-hydrogen) atoms. The number of amides is 1. The van der Waals surface area contributed by atoms with Crippen molar-refractivity contribution in [3.63, 3.8) is 0 Å². The van der Waals surface area contributed by atoms with E-state index in [0.717, 1.165) is 5.69 Å². The highest BCUT2D eigenvalue weighted by Gasteiger charge is 2.31. The quantitative estimate of drug-likeness (QED) is 0.909. The Bertz CT molecular complexity index is 578. The van der Waals surface area contributed by atoms with E-state index >= 15 is 0 Å². The summed E-state index contributed by atoms with van der Waals surface area (Å²) in [6.45, 7) is 3.45. The van der Waals surface area contributed by atoms with Gasteiger partial charge >= 0.3 is 0 Å². The van der Waals surface area contributed by atoms with E-state index in [1.165, 1.54) is 0 Å². The lowest BCUT2D eigenvalue weighted by Crippen LogP contribution is -2.43. The Kier molecular flexibility index (Phi) is 3.51. The Balaban J connectivity index is 1.84. The van der Waals surface area contributed by atoms with E-state index in [1.54, 1.807) is 17.2 Å². The van der Waals surface area contributed by atoms with Gasteiger partial charge in [-0.3, -0.25) is 9.89 Å². The third-order valence-corrected chi connectivity index (χ3v) is 3.40. The summed E-state index contributed by atoms with van der Waals surface area (Å²) >= 11 is 0. The predicted octanol–water partition coefficient (Wildman–Crippen LogP) is 1.17. The van der Waals surface area contributed by atoms with Crippen LogP contribution in [0.15, 0.2) is 22.9 Å². The number of ether oxygens (including phenoxy) is 1. The first-order valence-corrected chi connectivity index (χ1v) is 6.63. The highest BCUT2D eigenvalue weighted by atomic mass is 16.5. The molecule has 0 bridgehead atoms. The number of morpholine rings is 1. The monoisotopic (exact) mass is 276 g/mol. The Labute approximate surface area is 115 Å². The van der Waals surface area contributed by atoms with Gasteiger partial charge in [-0.05, 0) is 6.07 Å². The van der Waals surface area contributed by atoms with Gasteiger partial charge in [-0.2, -0.15) is 5.10 Å². The van der Waals surface area contributed by atoms with E-state index in [1.807, 2.05) is 13.0 Å². The maximum atomic E-state index is 12.5. The van der Waals surface area contributed by atoms with Crippen LogP contribution in [0.3, 0.4) is 0 Å². The molecule has 0 radical (unpaired) electrons. The maximum absolute atomic E-state index is 12.5. The minimum absolute atomic E-state index is 0.142. The molecule has 1 aliphatic heterocycles. The second-order valence-corrected chi connectivity index (χ2v) is 4.63. The molecule has 1 aliphatic rings. The van der Waals surface area contributed by atoms with Crippen molar-refractivity contribution >= 4 is 5.91 Å². The standard InChI is InChI=1S/C13H16N4O3/c1-2-9-7-11(16-20-9)13(18)17-5-6-19-8-12(17)10-3-4-14-15-10/h3-4,7,12H,2,5-6,8H2,1H3,(H,14,15)/t12-/m0/s1. The third kappa shape index (κ3) is 2.32. The van der Waals surface area contributed by atoms with Crippen LogP contribution in [0.2, 0.25) is 0 Å². The van der Waals surface area contributed by atoms with E-state index in [4.69, 9.17) is 9.26 Å². The van der Waals surface area contributed by atoms with Crippen LogP contribution in [-0.2, 0) is 11.2 Å². The highest BCUT2D eigenvalue weighted by Crippen LogP contribution is 2.24. The summed E-state index contributed by atoms with van der Waals surface area (Å²) in [5.74, 6) is 0.566. The number of aromatic nitrogens is 3. The molecule has 1 amide bonds. The van der Waals surface area contributed by atoms with Crippen molar-refractivity contribution in [2.24, 2.45) is 0 Å². The van der Waals surface area contributed by atoms with Crippen LogP contribution in [0, 0.1) is 0 Å². The smallest absolute Gasteiger partial charge is 0.276 e. The van der Waals surface area contributed by atoms with Gasteiger partial charge in [-0.25, -0.2) is 0 Å². The minimum atomic E-state index is -0.166. The fraction of sp³-hybridized carbons (Fsp3) is 0.462. The number of hydrogen-bond acceptors (Lipinski definition) is 5. The molecule has 7 nitrogen and oxygen atoms in total. The molecule has 0 aromatic carbocycles. The topological polar surface area (TPSA) is 84.3 Å². The van der Waals surface area contributed by atoms with Gasteiger partial charge in [-0.1, -0.05) is 12.1 Å². The molecule has 0 spiro atoms. The number of aromatic amines is 1. The number of H-pyrrole nitrogens is 1. The van der Waals surface area contributed by atoms with Crippen molar-refractivity contribution in [3.05, 3.63) is 35.5 Å². The molecule has 106 valence electrons. The summed E-state index contributed by atoms with van der Waals surface area (Å²) in [6.07, 6.45) is 2.38.